The maximum absolute atomic E-state index is 13.2. The number of aromatic nitrogens is 4. The molecule has 1 aromatic heterocycles. The van der Waals surface area contributed by atoms with Crippen molar-refractivity contribution in [2.45, 2.75) is 17.4 Å². The van der Waals surface area contributed by atoms with Crippen LogP contribution in [-0.2, 0) is 16.0 Å². The average Bonchev–Trinajstić information content (AvgIpc) is 2.98. The summed E-state index contributed by atoms with van der Waals surface area (Å²) in [5.74, 6) is -0.958. The summed E-state index contributed by atoms with van der Waals surface area (Å²) in [4.78, 5) is -0.946. The van der Waals surface area contributed by atoms with Gasteiger partial charge in [0.25, 0.3) is 0 Å². The Morgan fingerprint density at radius 1 is 1.26 bits per heavy atom. The van der Waals surface area contributed by atoms with Gasteiger partial charge in [0.1, 0.15) is 0 Å². The zero-order valence-electron chi connectivity index (χ0n) is 11.3. The Hall–Kier alpha value is -1.99. The highest BCUT2D eigenvalue weighted by molar-refractivity contribution is 7.91. The number of tetrazole rings is 1. The third kappa shape index (κ3) is 4.06. The first-order valence-corrected chi connectivity index (χ1v) is 7.80. The lowest BCUT2D eigenvalue weighted by atomic mass is 9.88. The first-order valence-electron chi connectivity index (χ1n) is 6.15. The molecule has 0 saturated heterocycles. The number of sulfone groups is 1. The summed E-state index contributed by atoms with van der Waals surface area (Å²) < 4.78 is 63.6. The SMILES string of the molecule is O=S(=O)(CCB(O)O)c1ccc(-c2nn[nH]n2)cc1C(F)(F)F. The number of nitrogens with zero attached hydrogens (tertiary/aromatic N) is 3. The highest BCUT2D eigenvalue weighted by Crippen LogP contribution is 2.36. The van der Waals surface area contributed by atoms with E-state index < -0.39 is 45.7 Å². The molecule has 0 aliphatic carbocycles. The number of halogens is 3. The highest BCUT2D eigenvalue weighted by atomic mass is 32.2. The number of aromatic amines is 1. The number of hydrogen-bond donors (Lipinski definition) is 3. The van der Waals surface area contributed by atoms with E-state index in [0.29, 0.717) is 6.07 Å². The maximum atomic E-state index is 13.2. The van der Waals surface area contributed by atoms with E-state index in [2.05, 4.69) is 20.6 Å². The molecule has 0 unspecified atom stereocenters. The predicted octanol–water partition coefficient (Wildman–Crippen LogP) is 0.132. The largest absolute Gasteiger partial charge is 0.452 e. The van der Waals surface area contributed by atoms with Gasteiger partial charge in [0.05, 0.1) is 16.2 Å². The first kappa shape index (κ1) is 17.4. The average molecular weight is 350 g/mol. The van der Waals surface area contributed by atoms with Crippen LogP contribution in [0.3, 0.4) is 0 Å². The second-order valence-electron chi connectivity index (χ2n) is 4.53. The van der Waals surface area contributed by atoms with Crippen LogP contribution in [0.2, 0.25) is 6.32 Å². The van der Waals surface area contributed by atoms with E-state index in [9.17, 15) is 21.6 Å². The minimum Gasteiger partial charge on any atom is -0.427 e. The number of alkyl halides is 3. The zero-order valence-corrected chi connectivity index (χ0v) is 12.1. The predicted molar refractivity (Wildman–Crippen MR) is 71.7 cm³/mol. The quantitative estimate of drug-likeness (QED) is 0.654. The molecular weight excluding hydrogens is 340 g/mol. The molecule has 0 spiro atoms. The van der Waals surface area contributed by atoms with Crippen molar-refractivity contribution in [1.29, 1.82) is 0 Å². The van der Waals surface area contributed by atoms with Crippen LogP contribution in [0.15, 0.2) is 23.1 Å². The van der Waals surface area contributed by atoms with Crippen LogP contribution in [0.5, 0.6) is 0 Å². The molecule has 0 radical (unpaired) electrons. The van der Waals surface area contributed by atoms with Gasteiger partial charge in [0.2, 0.25) is 5.82 Å². The second kappa shape index (κ2) is 6.25. The van der Waals surface area contributed by atoms with Crippen molar-refractivity contribution in [2.75, 3.05) is 5.75 Å². The van der Waals surface area contributed by atoms with Crippen molar-refractivity contribution in [3.63, 3.8) is 0 Å². The molecule has 0 saturated carbocycles. The van der Waals surface area contributed by atoms with Crippen molar-refractivity contribution in [3.8, 4) is 11.4 Å². The summed E-state index contributed by atoms with van der Waals surface area (Å²) in [5, 5.41) is 29.8. The molecule has 0 bridgehead atoms. The molecule has 23 heavy (non-hydrogen) atoms. The Bertz CT molecular complexity index is 780. The van der Waals surface area contributed by atoms with Gasteiger partial charge in [0.15, 0.2) is 9.84 Å². The van der Waals surface area contributed by atoms with E-state index in [1.807, 2.05) is 0 Å². The van der Waals surface area contributed by atoms with Gasteiger partial charge in [-0.3, -0.25) is 0 Å². The fourth-order valence-electron chi connectivity index (χ4n) is 1.82. The lowest BCUT2D eigenvalue weighted by molar-refractivity contribution is -0.139. The topological polar surface area (TPSA) is 129 Å². The molecule has 124 valence electrons. The lowest BCUT2D eigenvalue weighted by Gasteiger charge is -2.14. The second-order valence-corrected chi connectivity index (χ2v) is 6.61. The number of nitrogens with one attached hydrogen (secondary N) is 1. The smallest absolute Gasteiger partial charge is 0.427 e. The Morgan fingerprint density at radius 2 is 1.96 bits per heavy atom. The summed E-state index contributed by atoms with van der Waals surface area (Å²) in [7, 11) is -6.29. The third-order valence-corrected chi connectivity index (χ3v) is 4.67. The fraction of sp³-hybridized carbons (Fsp3) is 0.300. The van der Waals surface area contributed by atoms with E-state index in [1.165, 1.54) is 0 Å². The van der Waals surface area contributed by atoms with Crippen molar-refractivity contribution in [3.05, 3.63) is 23.8 Å². The molecule has 0 fully saturated rings. The first-order chi connectivity index (χ1) is 10.6. The van der Waals surface area contributed by atoms with Crippen LogP contribution < -0.4 is 0 Å². The molecule has 1 heterocycles. The standard InChI is InChI=1S/C10H10BF3N4O4S/c12-10(13,14)7-5-6(9-15-17-18-16-9)1-2-8(7)23(21,22)4-3-11(19)20/h1-2,5,19-20H,3-4H2,(H,15,16,17,18). The summed E-state index contributed by atoms with van der Waals surface area (Å²) in [6.07, 6.45) is -5.54. The molecule has 13 heteroatoms. The summed E-state index contributed by atoms with van der Waals surface area (Å²) in [6.45, 7) is 0. The van der Waals surface area contributed by atoms with Gasteiger partial charge in [-0.05, 0) is 29.7 Å². The molecule has 3 N–H and O–H groups in total. The van der Waals surface area contributed by atoms with Crippen LogP contribution in [0.25, 0.3) is 11.4 Å². The van der Waals surface area contributed by atoms with Crippen LogP contribution >= 0.6 is 0 Å². The Morgan fingerprint density at radius 3 is 2.48 bits per heavy atom. The molecular formula is C10H10BF3N4O4S. The fourth-order valence-corrected chi connectivity index (χ4v) is 3.34. The summed E-state index contributed by atoms with van der Waals surface area (Å²) >= 11 is 0. The van der Waals surface area contributed by atoms with E-state index in [4.69, 9.17) is 10.0 Å². The maximum Gasteiger partial charge on any atom is 0.452 e. The lowest BCUT2D eigenvalue weighted by Crippen LogP contribution is -2.20. The third-order valence-electron chi connectivity index (χ3n) is 2.87. The molecule has 1 aromatic carbocycles. The molecule has 0 aliphatic heterocycles. The van der Waals surface area contributed by atoms with E-state index >= 15 is 0 Å². The van der Waals surface area contributed by atoms with Crippen LogP contribution in [-0.4, -0.2) is 52.0 Å². The van der Waals surface area contributed by atoms with Crippen molar-refractivity contribution >= 4 is 17.0 Å². The minimum atomic E-state index is -4.93. The normalized spacial score (nSPS) is 12.4. The van der Waals surface area contributed by atoms with Gasteiger partial charge >= 0.3 is 13.3 Å². The summed E-state index contributed by atoms with van der Waals surface area (Å²) in [6, 6.07) is 2.50. The number of benzene rings is 1. The summed E-state index contributed by atoms with van der Waals surface area (Å²) in [5.41, 5.74) is -1.44. The monoisotopic (exact) mass is 350 g/mol. The molecule has 0 amide bonds. The van der Waals surface area contributed by atoms with Crippen molar-refractivity contribution < 1.29 is 31.6 Å². The van der Waals surface area contributed by atoms with E-state index in [0.717, 1.165) is 12.1 Å². The molecule has 2 aromatic rings. The van der Waals surface area contributed by atoms with Gasteiger partial charge in [0, 0.05) is 5.56 Å². The Labute approximate surface area is 128 Å². The van der Waals surface area contributed by atoms with E-state index in [-0.39, 0.29) is 11.4 Å². The zero-order chi connectivity index (χ0) is 17.3. The van der Waals surface area contributed by atoms with Crippen LogP contribution in [0, 0.1) is 0 Å². The van der Waals surface area contributed by atoms with Gasteiger partial charge in [-0.1, -0.05) is 0 Å². The number of H-pyrrole nitrogens is 1. The van der Waals surface area contributed by atoms with Gasteiger partial charge in [-0.2, -0.15) is 18.4 Å². The van der Waals surface area contributed by atoms with E-state index in [1.54, 1.807) is 0 Å². The molecule has 2 rings (SSSR count). The molecule has 0 aliphatic rings. The highest BCUT2D eigenvalue weighted by Gasteiger charge is 2.37. The number of rotatable bonds is 5. The van der Waals surface area contributed by atoms with Crippen LogP contribution in [0.4, 0.5) is 13.2 Å². The van der Waals surface area contributed by atoms with Gasteiger partial charge in [-0.25, -0.2) is 8.42 Å². The molecule has 0 atom stereocenters. The van der Waals surface area contributed by atoms with Crippen molar-refractivity contribution in [1.82, 2.24) is 20.6 Å². The Kier molecular flexibility index (Phi) is 4.72. The Balaban J connectivity index is 2.52. The minimum absolute atomic E-state index is 0.0628. The number of hydrogen-bond acceptors (Lipinski definition) is 7. The van der Waals surface area contributed by atoms with Gasteiger partial charge < -0.3 is 10.0 Å². The molecule has 8 nitrogen and oxygen atoms in total. The van der Waals surface area contributed by atoms with Crippen LogP contribution in [0.1, 0.15) is 5.56 Å². The van der Waals surface area contributed by atoms with Gasteiger partial charge in [-0.15, -0.1) is 10.2 Å². The van der Waals surface area contributed by atoms with Crippen molar-refractivity contribution in [2.24, 2.45) is 0 Å².